The summed E-state index contributed by atoms with van der Waals surface area (Å²) in [5.41, 5.74) is 2.24. The third-order valence-electron chi connectivity index (χ3n) is 4.53. The lowest BCUT2D eigenvalue weighted by Gasteiger charge is -2.25. The Bertz CT molecular complexity index is 548. The quantitative estimate of drug-likeness (QED) is 0.784. The van der Waals surface area contributed by atoms with Crippen LogP contribution in [0.1, 0.15) is 50.5 Å². The summed E-state index contributed by atoms with van der Waals surface area (Å²) in [6, 6.07) is 10.6. The Kier molecular flexibility index (Phi) is 5.10. The lowest BCUT2D eigenvalue weighted by molar-refractivity contribution is -0.110. The van der Waals surface area contributed by atoms with Gasteiger partial charge in [0.1, 0.15) is 0 Å². The highest BCUT2D eigenvalue weighted by atomic mass is 16.1. The van der Waals surface area contributed by atoms with Gasteiger partial charge in [-0.15, -0.1) is 0 Å². The summed E-state index contributed by atoms with van der Waals surface area (Å²) in [6.07, 6.45) is 14.3. The van der Waals surface area contributed by atoms with E-state index >= 15 is 0 Å². The normalized spacial score (nSPS) is 20.3. The number of nitrogens with one attached hydrogen (secondary N) is 1. The molecule has 22 heavy (non-hydrogen) atoms. The third kappa shape index (κ3) is 4.59. The highest BCUT2D eigenvalue weighted by molar-refractivity contribution is 6.02. The minimum absolute atomic E-state index is 0.0917. The van der Waals surface area contributed by atoms with Crippen LogP contribution in [0.3, 0.4) is 0 Å². The van der Waals surface area contributed by atoms with Crippen molar-refractivity contribution in [3.63, 3.8) is 0 Å². The van der Waals surface area contributed by atoms with Crippen LogP contribution in [0, 0.1) is 5.92 Å². The van der Waals surface area contributed by atoms with E-state index in [4.69, 9.17) is 0 Å². The Morgan fingerprint density at radius 1 is 1.00 bits per heavy atom. The van der Waals surface area contributed by atoms with Crippen molar-refractivity contribution in [3.8, 4) is 0 Å². The van der Waals surface area contributed by atoms with Crippen molar-refractivity contribution in [1.29, 1.82) is 0 Å². The van der Waals surface area contributed by atoms with Crippen molar-refractivity contribution in [1.82, 2.24) is 5.32 Å². The molecule has 0 spiro atoms. The van der Waals surface area contributed by atoms with Gasteiger partial charge in [-0.25, -0.2) is 0 Å². The fraction of sp³-hybridized carbons (Fsp3) is 0.450. The molecule has 0 bridgehead atoms. The molecule has 0 radical (unpaired) electrons. The SMILES string of the molecule is O=C(/C=C(\NC1CCCCC1)C1CC1)/C=C/c1ccccc1. The second-order valence-electron chi connectivity index (χ2n) is 6.50. The summed E-state index contributed by atoms with van der Waals surface area (Å²) in [4.78, 5) is 12.2. The Morgan fingerprint density at radius 2 is 1.73 bits per heavy atom. The average molecular weight is 295 g/mol. The van der Waals surface area contributed by atoms with Gasteiger partial charge in [0, 0.05) is 17.8 Å². The summed E-state index contributed by atoms with van der Waals surface area (Å²) in [6.45, 7) is 0. The maximum Gasteiger partial charge on any atom is 0.180 e. The largest absolute Gasteiger partial charge is 0.385 e. The zero-order valence-corrected chi connectivity index (χ0v) is 13.1. The number of hydrogen-bond donors (Lipinski definition) is 1. The standard InChI is InChI=1S/C20H25NO/c22-19(14-11-16-7-3-1-4-8-16)15-20(17-12-13-17)21-18-9-5-2-6-10-18/h1,3-4,7-8,11,14-15,17-18,21H,2,5-6,9-10,12-13H2/b14-11+,20-15-. The van der Waals surface area contributed by atoms with Crippen molar-refractivity contribution >= 4 is 11.9 Å². The number of hydrogen-bond acceptors (Lipinski definition) is 2. The first-order chi connectivity index (χ1) is 10.8. The molecule has 0 unspecified atom stereocenters. The van der Waals surface area contributed by atoms with Gasteiger partial charge in [0.25, 0.3) is 0 Å². The number of benzene rings is 1. The lowest BCUT2D eigenvalue weighted by Crippen LogP contribution is -2.31. The molecule has 2 saturated carbocycles. The van der Waals surface area contributed by atoms with Crippen LogP contribution in [0.4, 0.5) is 0 Å². The van der Waals surface area contributed by atoms with Crippen molar-refractivity contribution < 1.29 is 4.79 Å². The van der Waals surface area contributed by atoms with E-state index in [1.807, 2.05) is 42.5 Å². The first-order valence-electron chi connectivity index (χ1n) is 8.56. The number of allylic oxidation sites excluding steroid dienone is 3. The zero-order valence-electron chi connectivity index (χ0n) is 13.1. The Hall–Kier alpha value is -1.83. The molecule has 0 atom stereocenters. The predicted octanol–water partition coefficient (Wildman–Crippen LogP) is 4.49. The Balaban J connectivity index is 1.61. The molecule has 2 nitrogen and oxygen atoms in total. The number of carbonyl (C=O) groups is 1. The van der Waals surface area contributed by atoms with Gasteiger partial charge in [0.2, 0.25) is 0 Å². The molecule has 0 aliphatic heterocycles. The van der Waals surface area contributed by atoms with Gasteiger partial charge >= 0.3 is 0 Å². The second-order valence-corrected chi connectivity index (χ2v) is 6.50. The van der Waals surface area contributed by atoms with E-state index in [2.05, 4.69) is 5.32 Å². The Morgan fingerprint density at radius 3 is 2.41 bits per heavy atom. The molecule has 3 rings (SSSR count). The van der Waals surface area contributed by atoms with Gasteiger partial charge in [-0.3, -0.25) is 4.79 Å². The minimum Gasteiger partial charge on any atom is -0.385 e. The van der Waals surface area contributed by atoms with E-state index in [-0.39, 0.29) is 5.78 Å². The van der Waals surface area contributed by atoms with Crippen molar-refractivity contribution in [2.75, 3.05) is 0 Å². The molecule has 2 aliphatic rings. The van der Waals surface area contributed by atoms with E-state index in [9.17, 15) is 4.79 Å². The molecule has 0 saturated heterocycles. The molecular weight excluding hydrogens is 270 g/mol. The Labute approximate surface area is 133 Å². The van der Waals surface area contributed by atoms with Crippen LogP contribution in [0.2, 0.25) is 0 Å². The molecule has 0 amide bonds. The molecule has 0 aromatic heterocycles. The molecule has 0 heterocycles. The molecule has 1 N–H and O–H groups in total. The summed E-state index contributed by atoms with van der Waals surface area (Å²) < 4.78 is 0. The first kappa shape index (κ1) is 15.1. The maximum absolute atomic E-state index is 12.2. The van der Waals surface area contributed by atoms with Crippen LogP contribution in [-0.4, -0.2) is 11.8 Å². The van der Waals surface area contributed by atoms with E-state index in [1.165, 1.54) is 50.6 Å². The third-order valence-corrected chi connectivity index (χ3v) is 4.53. The number of rotatable bonds is 6. The van der Waals surface area contributed by atoms with Crippen LogP contribution in [0.15, 0.2) is 48.2 Å². The van der Waals surface area contributed by atoms with Gasteiger partial charge in [0.05, 0.1) is 0 Å². The highest BCUT2D eigenvalue weighted by Crippen LogP contribution is 2.36. The second kappa shape index (κ2) is 7.44. The number of carbonyl (C=O) groups excluding carboxylic acids is 1. The highest BCUT2D eigenvalue weighted by Gasteiger charge is 2.28. The van der Waals surface area contributed by atoms with Crippen LogP contribution >= 0.6 is 0 Å². The maximum atomic E-state index is 12.2. The first-order valence-corrected chi connectivity index (χ1v) is 8.56. The fourth-order valence-electron chi connectivity index (χ4n) is 3.10. The van der Waals surface area contributed by atoms with E-state index in [1.54, 1.807) is 6.08 Å². The molecule has 2 aliphatic carbocycles. The van der Waals surface area contributed by atoms with Crippen LogP contribution in [0.5, 0.6) is 0 Å². The summed E-state index contributed by atoms with van der Waals surface area (Å²) >= 11 is 0. The molecule has 1 aromatic carbocycles. The molecule has 116 valence electrons. The lowest BCUT2D eigenvalue weighted by atomic mass is 9.95. The van der Waals surface area contributed by atoms with Crippen molar-refractivity contribution in [2.45, 2.75) is 51.0 Å². The predicted molar refractivity (Wildman–Crippen MR) is 91.3 cm³/mol. The zero-order chi connectivity index (χ0) is 15.2. The topological polar surface area (TPSA) is 29.1 Å². The van der Waals surface area contributed by atoms with Gasteiger partial charge in [-0.1, -0.05) is 55.7 Å². The fourth-order valence-corrected chi connectivity index (χ4v) is 3.10. The van der Waals surface area contributed by atoms with Gasteiger partial charge in [0.15, 0.2) is 5.78 Å². The smallest absolute Gasteiger partial charge is 0.180 e. The molecule has 1 aromatic rings. The van der Waals surface area contributed by atoms with Crippen LogP contribution in [0.25, 0.3) is 6.08 Å². The van der Waals surface area contributed by atoms with Gasteiger partial charge in [-0.2, -0.15) is 0 Å². The average Bonchev–Trinajstić information content (AvgIpc) is 3.39. The van der Waals surface area contributed by atoms with Crippen molar-refractivity contribution in [3.05, 3.63) is 53.7 Å². The van der Waals surface area contributed by atoms with Crippen molar-refractivity contribution in [2.24, 2.45) is 5.92 Å². The van der Waals surface area contributed by atoms with Gasteiger partial charge < -0.3 is 5.32 Å². The van der Waals surface area contributed by atoms with Crippen LogP contribution in [-0.2, 0) is 4.79 Å². The van der Waals surface area contributed by atoms with E-state index in [0.29, 0.717) is 12.0 Å². The van der Waals surface area contributed by atoms with Gasteiger partial charge in [-0.05, 0) is 43.2 Å². The summed E-state index contributed by atoms with van der Waals surface area (Å²) in [5, 5.41) is 3.65. The molecular formula is C20H25NO. The minimum atomic E-state index is 0.0917. The van der Waals surface area contributed by atoms with E-state index in [0.717, 1.165) is 5.56 Å². The molecule has 2 heteroatoms. The number of ketones is 1. The summed E-state index contributed by atoms with van der Waals surface area (Å²) in [5.74, 6) is 0.685. The van der Waals surface area contributed by atoms with Crippen LogP contribution < -0.4 is 5.32 Å². The summed E-state index contributed by atoms with van der Waals surface area (Å²) in [7, 11) is 0. The van der Waals surface area contributed by atoms with E-state index < -0.39 is 0 Å². The molecule has 2 fully saturated rings. The monoisotopic (exact) mass is 295 g/mol.